The number of carbonyl (C=O) groups is 2. The number of aryl methyl sites for hydroxylation is 2. The molecule has 1 saturated heterocycles. The Morgan fingerprint density at radius 2 is 2.12 bits per heavy atom. The molecule has 1 aromatic rings. The molecule has 0 radical (unpaired) electrons. The number of amides is 3. The molecule has 1 fully saturated rings. The van der Waals surface area contributed by atoms with Crippen LogP contribution in [0.1, 0.15) is 62.7 Å². The van der Waals surface area contributed by atoms with Gasteiger partial charge in [-0.25, -0.2) is 4.79 Å². The van der Waals surface area contributed by atoms with Crippen LogP contribution in [-0.4, -0.2) is 36.0 Å². The van der Waals surface area contributed by atoms with Crippen molar-refractivity contribution in [1.82, 2.24) is 15.5 Å². The molecule has 6 nitrogen and oxygen atoms in total. The van der Waals surface area contributed by atoms with Gasteiger partial charge in [0.25, 0.3) is 0 Å². The monoisotopic (exact) mass is 335 g/mol. The molecule has 0 aromatic carbocycles. The summed E-state index contributed by atoms with van der Waals surface area (Å²) in [6.45, 7) is 8.96. The van der Waals surface area contributed by atoms with Gasteiger partial charge >= 0.3 is 6.03 Å². The van der Waals surface area contributed by atoms with E-state index < -0.39 is 0 Å². The van der Waals surface area contributed by atoms with Gasteiger partial charge in [0.2, 0.25) is 5.91 Å². The Bertz CT molecular complexity index is 582. The number of nitrogens with one attached hydrogen (secondary N) is 2. The number of carbonyl (C=O) groups excluding carboxylic acids is 2. The summed E-state index contributed by atoms with van der Waals surface area (Å²) in [5, 5.41) is 5.64. The first-order chi connectivity index (χ1) is 11.4. The Kier molecular flexibility index (Phi) is 6.29. The first-order valence-electron chi connectivity index (χ1n) is 8.79. The van der Waals surface area contributed by atoms with Crippen LogP contribution >= 0.6 is 0 Å². The van der Waals surface area contributed by atoms with Crippen molar-refractivity contribution in [2.45, 2.75) is 65.5 Å². The summed E-state index contributed by atoms with van der Waals surface area (Å²) < 4.78 is 5.49. The highest BCUT2D eigenvalue weighted by molar-refractivity contribution is 5.78. The number of likely N-dealkylation sites (tertiary alicyclic amines) is 1. The third-order valence-corrected chi connectivity index (χ3v) is 4.64. The lowest BCUT2D eigenvalue weighted by Crippen LogP contribution is -2.44. The highest BCUT2D eigenvalue weighted by Gasteiger charge is 2.22. The normalized spacial score (nSPS) is 19.0. The number of rotatable bonds is 5. The lowest BCUT2D eigenvalue weighted by Gasteiger charge is -2.33. The number of hydrogen-bond donors (Lipinski definition) is 2. The van der Waals surface area contributed by atoms with Gasteiger partial charge in [0.05, 0.1) is 6.04 Å². The number of hydrogen-bond acceptors (Lipinski definition) is 3. The Labute approximate surface area is 144 Å². The van der Waals surface area contributed by atoms with E-state index in [9.17, 15) is 9.59 Å². The molecule has 2 atom stereocenters. The van der Waals surface area contributed by atoms with Gasteiger partial charge in [-0.05, 0) is 53.0 Å². The van der Waals surface area contributed by atoms with Gasteiger partial charge in [0, 0.05) is 31.1 Å². The molecule has 0 unspecified atom stereocenters. The number of nitrogens with zero attached hydrogens (tertiary/aromatic N) is 1. The van der Waals surface area contributed by atoms with Crippen LogP contribution in [0.3, 0.4) is 0 Å². The van der Waals surface area contributed by atoms with E-state index in [0.29, 0.717) is 19.0 Å². The Balaban J connectivity index is 1.73. The van der Waals surface area contributed by atoms with Crippen molar-refractivity contribution in [3.63, 3.8) is 0 Å². The standard InChI is InChI=1S/C18H29N3O3/c1-12-7-5-6-10-21(12)17(22)8-9-19-18(23)20-14(3)16-11-13(2)24-15(16)4/h11-12,14H,5-10H2,1-4H3,(H2,19,20,23)/t12-,14-/m1/s1. The Hall–Kier alpha value is -1.98. The molecule has 1 aliphatic heterocycles. The summed E-state index contributed by atoms with van der Waals surface area (Å²) >= 11 is 0. The fourth-order valence-corrected chi connectivity index (χ4v) is 3.30. The molecule has 24 heavy (non-hydrogen) atoms. The lowest BCUT2D eigenvalue weighted by atomic mass is 10.0. The molecule has 2 rings (SSSR count). The lowest BCUT2D eigenvalue weighted by molar-refractivity contribution is -0.134. The minimum Gasteiger partial charge on any atom is -0.466 e. The third kappa shape index (κ3) is 4.76. The van der Waals surface area contributed by atoms with Crippen LogP contribution in [0.2, 0.25) is 0 Å². The molecule has 1 aromatic heterocycles. The summed E-state index contributed by atoms with van der Waals surface area (Å²) in [7, 11) is 0. The summed E-state index contributed by atoms with van der Waals surface area (Å²) in [6, 6.07) is 1.84. The zero-order valence-electron chi connectivity index (χ0n) is 15.1. The molecular weight excluding hydrogens is 306 g/mol. The summed E-state index contributed by atoms with van der Waals surface area (Å²) in [4.78, 5) is 26.1. The molecule has 6 heteroatoms. The second-order valence-corrected chi connectivity index (χ2v) is 6.67. The molecule has 2 N–H and O–H groups in total. The predicted octanol–water partition coefficient (Wildman–Crippen LogP) is 3.05. The van der Waals surface area contributed by atoms with Crippen molar-refractivity contribution in [2.75, 3.05) is 13.1 Å². The van der Waals surface area contributed by atoms with E-state index in [4.69, 9.17) is 4.42 Å². The smallest absolute Gasteiger partial charge is 0.315 e. The fourth-order valence-electron chi connectivity index (χ4n) is 3.30. The molecule has 134 valence electrons. The first-order valence-corrected chi connectivity index (χ1v) is 8.79. The fraction of sp³-hybridized carbons (Fsp3) is 0.667. The molecule has 2 heterocycles. The van der Waals surface area contributed by atoms with Crippen LogP contribution in [0.25, 0.3) is 0 Å². The van der Waals surface area contributed by atoms with Gasteiger partial charge < -0.3 is 20.0 Å². The van der Waals surface area contributed by atoms with Gasteiger partial charge in [-0.15, -0.1) is 0 Å². The topological polar surface area (TPSA) is 74.6 Å². The van der Waals surface area contributed by atoms with E-state index in [0.717, 1.165) is 36.5 Å². The van der Waals surface area contributed by atoms with Crippen molar-refractivity contribution >= 4 is 11.9 Å². The van der Waals surface area contributed by atoms with Crippen molar-refractivity contribution in [1.29, 1.82) is 0 Å². The molecule has 0 saturated carbocycles. The second-order valence-electron chi connectivity index (χ2n) is 6.67. The number of urea groups is 1. The van der Waals surface area contributed by atoms with Crippen LogP contribution in [0.4, 0.5) is 4.79 Å². The minimum absolute atomic E-state index is 0.122. The third-order valence-electron chi connectivity index (χ3n) is 4.64. The number of furan rings is 1. The van der Waals surface area contributed by atoms with Crippen molar-refractivity contribution in [3.8, 4) is 0 Å². The molecule has 0 spiro atoms. The molecule has 3 amide bonds. The largest absolute Gasteiger partial charge is 0.466 e. The van der Waals surface area contributed by atoms with Crippen molar-refractivity contribution in [2.24, 2.45) is 0 Å². The van der Waals surface area contributed by atoms with Crippen LogP contribution < -0.4 is 10.6 Å². The van der Waals surface area contributed by atoms with Gasteiger partial charge in [-0.3, -0.25) is 4.79 Å². The average molecular weight is 335 g/mol. The second kappa shape index (κ2) is 8.22. The van der Waals surface area contributed by atoms with E-state index in [-0.39, 0.29) is 18.0 Å². The SMILES string of the molecule is Cc1cc([C@@H](C)NC(=O)NCCC(=O)N2CCCC[C@H]2C)c(C)o1. The molecular formula is C18H29N3O3. The zero-order chi connectivity index (χ0) is 17.7. The van der Waals surface area contributed by atoms with Crippen LogP contribution in [0, 0.1) is 13.8 Å². The van der Waals surface area contributed by atoms with Crippen LogP contribution in [-0.2, 0) is 4.79 Å². The highest BCUT2D eigenvalue weighted by Crippen LogP contribution is 2.21. The van der Waals surface area contributed by atoms with Crippen LogP contribution in [0.15, 0.2) is 10.5 Å². The van der Waals surface area contributed by atoms with Gasteiger partial charge in [-0.1, -0.05) is 0 Å². The molecule has 0 bridgehead atoms. The highest BCUT2D eigenvalue weighted by atomic mass is 16.3. The maximum absolute atomic E-state index is 12.2. The molecule has 1 aliphatic rings. The average Bonchev–Trinajstić information content (AvgIpc) is 2.86. The molecule has 0 aliphatic carbocycles. The summed E-state index contributed by atoms with van der Waals surface area (Å²) in [6.07, 6.45) is 3.68. The van der Waals surface area contributed by atoms with E-state index in [2.05, 4.69) is 17.6 Å². The summed E-state index contributed by atoms with van der Waals surface area (Å²) in [5.41, 5.74) is 0.973. The quantitative estimate of drug-likeness (QED) is 0.868. The van der Waals surface area contributed by atoms with E-state index in [1.807, 2.05) is 31.7 Å². The van der Waals surface area contributed by atoms with Crippen molar-refractivity contribution < 1.29 is 14.0 Å². The van der Waals surface area contributed by atoms with Crippen molar-refractivity contribution in [3.05, 3.63) is 23.2 Å². The predicted molar refractivity (Wildman–Crippen MR) is 92.8 cm³/mol. The van der Waals surface area contributed by atoms with Gasteiger partial charge in [-0.2, -0.15) is 0 Å². The van der Waals surface area contributed by atoms with Gasteiger partial charge in [0.1, 0.15) is 11.5 Å². The van der Waals surface area contributed by atoms with Crippen LogP contribution in [0.5, 0.6) is 0 Å². The first kappa shape index (κ1) is 18.4. The Morgan fingerprint density at radius 1 is 1.38 bits per heavy atom. The van der Waals surface area contributed by atoms with E-state index in [1.165, 1.54) is 6.42 Å². The zero-order valence-corrected chi connectivity index (χ0v) is 15.1. The maximum atomic E-state index is 12.2. The van der Waals surface area contributed by atoms with Gasteiger partial charge in [0.15, 0.2) is 0 Å². The summed E-state index contributed by atoms with van der Waals surface area (Å²) in [5.74, 6) is 1.77. The number of piperidine rings is 1. The Morgan fingerprint density at radius 3 is 2.75 bits per heavy atom. The van der Waals surface area contributed by atoms with E-state index >= 15 is 0 Å². The minimum atomic E-state index is -0.264. The van der Waals surface area contributed by atoms with E-state index in [1.54, 1.807) is 0 Å². The maximum Gasteiger partial charge on any atom is 0.315 e.